The van der Waals surface area contributed by atoms with Gasteiger partial charge >= 0.3 is 0 Å². The van der Waals surface area contributed by atoms with Gasteiger partial charge in [-0.3, -0.25) is 9.78 Å². The highest BCUT2D eigenvalue weighted by Crippen LogP contribution is 2.24. The van der Waals surface area contributed by atoms with Gasteiger partial charge in [0.2, 0.25) is 0 Å². The number of ether oxygens (including phenoxy) is 1. The third-order valence-electron chi connectivity index (χ3n) is 4.37. The molecule has 1 aromatic rings. The summed E-state index contributed by atoms with van der Waals surface area (Å²) in [4.78, 5) is 21.1. The smallest absolute Gasteiger partial charge is 0.255 e. The number of hydrogen-bond acceptors (Lipinski definition) is 4. The largest absolute Gasteiger partial charge is 0.378 e. The number of morpholine rings is 1. The number of rotatable bonds is 2. The van der Waals surface area contributed by atoms with Crippen LogP contribution in [0.5, 0.6) is 0 Å². The third kappa shape index (κ3) is 3.41. The first kappa shape index (κ1) is 14.5. The number of aromatic nitrogens is 1. The van der Waals surface area contributed by atoms with Gasteiger partial charge < -0.3 is 14.5 Å². The molecule has 0 unspecified atom stereocenters. The molecule has 2 aliphatic rings. The zero-order chi connectivity index (χ0) is 14.7. The van der Waals surface area contributed by atoms with Crippen molar-refractivity contribution in [3.8, 4) is 0 Å². The lowest BCUT2D eigenvalue weighted by atomic mass is 9.94. The molecule has 1 amide bonds. The molecule has 2 saturated heterocycles. The van der Waals surface area contributed by atoms with Crippen LogP contribution in [0.4, 0.5) is 0 Å². The quantitative estimate of drug-likeness (QED) is 0.825. The van der Waals surface area contributed by atoms with E-state index in [1.54, 1.807) is 6.20 Å². The van der Waals surface area contributed by atoms with Gasteiger partial charge in [0.1, 0.15) is 0 Å². The summed E-state index contributed by atoms with van der Waals surface area (Å²) in [6.45, 7) is 4.84. The van der Waals surface area contributed by atoms with Crippen LogP contribution >= 0.6 is 0 Å². The highest BCUT2D eigenvalue weighted by Gasteiger charge is 2.22. The van der Waals surface area contributed by atoms with Crippen LogP contribution in [0.1, 0.15) is 34.8 Å². The molecule has 3 rings (SSSR count). The minimum atomic E-state index is 0.0677. The molecule has 0 radical (unpaired) electrons. The Morgan fingerprint density at radius 3 is 2.76 bits per heavy atom. The summed E-state index contributed by atoms with van der Waals surface area (Å²) in [6.07, 6.45) is 4.15. The molecule has 1 aromatic heterocycles. The van der Waals surface area contributed by atoms with E-state index in [0.717, 1.165) is 12.2 Å². The second-order valence-corrected chi connectivity index (χ2v) is 5.98. The predicted octanol–water partition coefficient (Wildman–Crippen LogP) is 1.36. The van der Waals surface area contributed by atoms with Crippen LogP contribution in [-0.2, 0) is 4.74 Å². The van der Waals surface area contributed by atoms with E-state index in [2.05, 4.69) is 16.9 Å². The molecule has 5 nitrogen and oxygen atoms in total. The van der Waals surface area contributed by atoms with Crippen molar-refractivity contribution in [3.63, 3.8) is 0 Å². The molecule has 21 heavy (non-hydrogen) atoms. The van der Waals surface area contributed by atoms with Gasteiger partial charge in [0.15, 0.2) is 0 Å². The van der Waals surface area contributed by atoms with E-state index in [-0.39, 0.29) is 5.91 Å². The van der Waals surface area contributed by atoms with Crippen molar-refractivity contribution >= 4 is 5.91 Å². The topological polar surface area (TPSA) is 45.7 Å². The van der Waals surface area contributed by atoms with Crippen LogP contribution in [-0.4, -0.2) is 67.1 Å². The monoisotopic (exact) mass is 289 g/mol. The number of likely N-dealkylation sites (tertiary alicyclic amines) is 1. The standard InChI is InChI=1S/C16H23N3O2/c1-18-6-2-3-14(12-18)15-5-4-13(11-17-15)16(20)19-7-9-21-10-8-19/h4-5,11,14H,2-3,6-10,12H2,1H3/t14-/m1/s1. The summed E-state index contributed by atoms with van der Waals surface area (Å²) in [6, 6.07) is 3.95. The average molecular weight is 289 g/mol. The van der Waals surface area contributed by atoms with E-state index < -0.39 is 0 Å². The molecule has 0 aliphatic carbocycles. The van der Waals surface area contributed by atoms with E-state index in [1.807, 2.05) is 17.0 Å². The Labute approximate surface area is 125 Å². The third-order valence-corrected chi connectivity index (χ3v) is 4.37. The van der Waals surface area contributed by atoms with Gasteiger partial charge in [-0.2, -0.15) is 0 Å². The van der Waals surface area contributed by atoms with Gasteiger partial charge in [0.25, 0.3) is 5.91 Å². The fourth-order valence-electron chi connectivity index (χ4n) is 3.13. The SMILES string of the molecule is CN1CCC[C@@H](c2ccc(C(=O)N3CCOCC3)cn2)C1. The minimum absolute atomic E-state index is 0.0677. The zero-order valence-corrected chi connectivity index (χ0v) is 12.6. The summed E-state index contributed by atoms with van der Waals surface area (Å²) < 4.78 is 5.28. The zero-order valence-electron chi connectivity index (χ0n) is 12.6. The molecule has 3 heterocycles. The molecule has 2 aliphatic heterocycles. The van der Waals surface area contributed by atoms with Crippen LogP contribution in [0.25, 0.3) is 0 Å². The summed E-state index contributed by atoms with van der Waals surface area (Å²) in [5.41, 5.74) is 1.80. The molecule has 114 valence electrons. The van der Waals surface area contributed by atoms with E-state index in [9.17, 15) is 4.79 Å². The Bertz CT molecular complexity index is 483. The van der Waals surface area contributed by atoms with Gasteiger partial charge in [-0.05, 0) is 38.6 Å². The lowest BCUT2D eigenvalue weighted by Crippen LogP contribution is -2.40. The van der Waals surface area contributed by atoms with Gasteiger partial charge in [0.05, 0.1) is 18.8 Å². The molecule has 1 atom stereocenters. The molecule has 0 bridgehead atoms. The van der Waals surface area contributed by atoms with Crippen LogP contribution in [0, 0.1) is 0 Å². The number of carbonyl (C=O) groups excluding carboxylic acids is 1. The fourth-order valence-corrected chi connectivity index (χ4v) is 3.13. The Morgan fingerprint density at radius 1 is 1.29 bits per heavy atom. The Morgan fingerprint density at radius 2 is 2.10 bits per heavy atom. The Hall–Kier alpha value is -1.46. The van der Waals surface area contributed by atoms with E-state index in [4.69, 9.17) is 4.74 Å². The van der Waals surface area contributed by atoms with Crippen molar-refractivity contribution in [1.82, 2.24) is 14.8 Å². The Kier molecular flexibility index (Phi) is 4.51. The van der Waals surface area contributed by atoms with Crippen LogP contribution in [0.2, 0.25) is 0 Å². The average Bonchev–Trinajstić information content (AvgIpc) is 2.55. The van der Waals surface area contributed by atoms with Crippen molar-refractivity contribution in [2.45, 2.75) is 18.8 Å². The van der Waals surface area contributed by atoms with Crippen LogP contribution in [0.3, 0.4) is 0 Å². The maximum Gasteiger partial charge on any atom is 0.255 e. The highest BCUT2D eigenvalue weighted by atomic mass is 16.5. The summed E-state index contributed by atoms with van der Waals surface area (Å²) in [5.74, 6) is 0.564. The van der Waals surface area contributed by atoms with E-state index in [1.165, 1.54) is 19.4 Å². The summed E-state index contributed by atoms with van der Waals surface area (Å²) in [7, 11) is 2.16. The summed E-state index contributed by atoms with van der Waals surface area (Å²) >= 11 is 0. The highest BCUT2D eigenvalue weighted by molar-refractivity contribution is 5.94. The van der Waals surface area contributed by atoms with Gasteiger partial charge in [-0.25, -0.2) is 0 Å². The Balaban J connectivity index is 1.67. The first-order chi connectivity index (χ1) is 10.2. The summed E-state index contributed by atoms with van der Waals surface area (Å²) in [5, 5.41) is 0. The van der Waals surface area contributed by atoms with Crippen molar-refractivity contribution in [3.05, 3.63) is 29.6 Å². The number of pyridine rings is 1. The maximum atomic E-state index is 12.4. The van der Waals surface area contributed by atoms with Crippen molar-refractivity contribution in [1.29, 1.82) is 0 Å². The van der Waals surface area contributed by atoms with E-state index >= 15 is 0 Å². The first-order valence-electron chi connectivity index (χ1n) is 7.75. The molecule has 5 heteroatoms. The van der Waals surface area contributed by atoms with Crippen LogP contribution < -0.4 is 0 Å². The van der Waals surface area contributed by atoms with Crippen molar-refractivity contribution < 1.29 is 9.53 Å². The molecular formula is C16H23N3O2. The number of carbonyl (C=O) groups is 1. The fraction of sp³-hybridized carbons (Fsp3) is 0.625. The number of piperidine rings is 1. The predicted molar refractivity (Wildman–Crippen MR) is 80.4 cm³/mol. The molecular weight excluding hydrogens is 266 g/mol. The molecule has 0 spiro atoms. The lowest BCUT2D eigenvalue weighted by molar-refractivity contribution is 0.0302. The van der Waals surface area contributed by atoms with Gasteiger partial charge in [0, 0.05) is 37.4 Å². The van der Waals surface area contributed by atoms with Crippen molar-refractivity contribution in [2.75, 3.05) is 46.4 Å². The maximum absolute atomic E-state index is 12.4. The molecule has 2 fully saturated rings. The molecule has 0 saturated carbocycles. The van der Waals surface area contributed by atoms with Crippen LogP contribution in [0.15, 0.2) is 18.3 Å². The molecule has 0 N–H and O–H groups in total. The van der Waals surface area contributed by atoms with E-state index in [0.29, 0.717) is 37.8 Å². The minimum Gasteiger partial charge on any atom is -0.378 e. The second kappa shape index (κ2) is 6.54. The number of likely N-dealkylation sites (N-methyl/N-ethyl adjacent to an activating group) is 1. The lowest BCUT2D eigenvalue weighted by Gasteiger charge is -2.29. The normalized spacial score (nSPS) is 24.0. The van der Waals surface area contributed by atoms with Gasteiger partial charge in [-0.1, -0.05) is 0 Å². The number of nitrogens with zero attached hydrogens (tertiary/aromatic N) is 3. The first-order valence-corrected chi connectivity index (χ1v) is 7.75. The molecule has 0 aromatic carbocycles. The number of amides is 1. The second-order valence-electron chi connectivity index (χ2n) is 5.98. The van der Waals surface area contributed by atoms with Crippen molar-refractivity contribution in [2.24, 2.45) is 0 Å². The number of hydrogen-bond donors (Lipinski definition) is 0. The van der Waals surface area contributed by atoms with Gasteiger partial charge in [-0.15, -0.1) is 0 Å².